The molecule has 0 radical (unpaired) electrons. The number of aliphatic hydroxyl groups is 1. The van der Waals surface area contributed by atoms with Crippen LogP contribution in [0.25, 0.3) is 0 Å². The lowest BCUT2D eigenvalue weighted by molar-refractivity contribution is 0.0825. The van der Waals surface area contributed by atoms with Crippen LogP contribution < -0.4 is 4.90 Å². The first-order valence-corrected chi connectivity index (χ1v) is 5.82. The molecule has 1 N–H and O–H groups in total. The number of aromatic nitrogens is 1. The van der Waals surface area contributed by atoms with Crippen molar-refractivity contribution < 1.29 is 9.90 Å². The molecule has 0 atom stereocenters. The zero-order valence-corrected chi connectivity index (χ0v) is 11.6. The van der Waals surface area contributed by atoms with Gasteiger partial charge in [-0.05, 0) is 26.0 Å². The third kappa shape index (κ3) is 4.00. The van der Waals surface area contributed by atoms with Gasteiger partial charge in [0.15, 0.2) is 0 Å². The van der Waals surface area contributed by atoms with Gasteiger partial charge in [-0.3, -0.25) is 4.79 Å². The van der Waals surface area contributed by atoms with Crippen LogP contribution in [0, 0.1) is 0 Å². The van der Waals surface area contributed by atoms with E-state index in [1.54, 1.807) is 46.3 Å². The van der Waals surface area contributed by atoms with Crippen LogP contribution in [0.3, 0.4) is 0 Å². The van der Waals surface area contributed by atoms with Crippen molar-refractivity contribution in [3.8, 4) is 0 Å². The zero-order chi connectivity index (χ0) is 13.9. The van der Waals surface area contributed by atoms with Crippen molar-refractivity contribution in [2.24, 2.45) is 0 Å². The van der Waals surface area contributed by atoms with E-state index < -0.39 is 5.60 Å². The molecule has 0 spiro atoms. The van der Waals surface area contributed by atoms with E-state index in [0.717, 1.165) is 5.82 Å². The summed E-state index contributed by atoms with van der Waals surface area (Å²) in [4.78, 5) is 19.3. The first kappa shape index (κ1) is 14.4. The molecule has 0 aromatic carbocycles. The Kier molecular flexibility index (Phi) is 4.29. The van der Waals surface area contributed by atoms with E-state index in [1.807, 2.05) is 11.9 Å². The molecule has 0 saturated carbocycles. The lowest BCUT2D eigenvalue weighted by atomic mass is 10.1. The maximum atomic E-state index is 11.7. The molecular weight excluding hydrogens is 230 g/mol. The van der Waals surface area contributed by atoms with E-state index in [0.29, 0.717) is 12.1 Å². The summed E-state index contributed by atoms with van der Waals surface area (Å²) < 4.78 is 0. The molecule has 0 bridgehead atoms. The number of anilines is 1. The van der Waals surface area contributed by atoms with Crippen LogP contribution >= 0.6 is 0 Å². The van der Waals surface area contributed by atoms with E-state index in [2.05, 4.69) is 4.98 Å². The van der Waals surface area contributed by atoms with Crippen LogP contribution in [0.2, 0.25) is 0 Å². The summed E-state index contributed by atoms with van der Waals surface area (Å²) in [6.45, 7) is 3.96. The predicted octanol–water partition coefficient (Wildman–Crippen LogP) is 0.990. The molecule has 0 aliphatic heterocycles. The average molecular weight is 251 g/mol. The van der Waals surface area contributed by atoms with E-state index in [4.69, 9.17) is 0 Å². The number of pyridine rings is 1. The summed E-state index contributed by atoms with van der Waals surface area (Å²) in [6, 6.07) is 3.52. The summed E-state index contributed by atoms with van der Waals surface area (Å²) in [5, 5.41) is 9.73. The molecule has 5 heteroatoms. The van der Waals surface area contributed by atoms with Crippen molar-refractivity contribution in [1.29, 1.82) is 0 Å². The number of amides is 1. The molecule has 1 amide bonds. The van der Waals surface area contributed by atoms with E-state index >= 15 is 0 Å². The standard InChI is InChI=1S/C13H21N3O2/c1-13(2,18)9-16(5)11-7-6-10(8-14-11)12(17)15(3)4/h6-8,18H,9H2,1-5H3. The number of hydrogen-bond acceptors (Lipinski definition) is 4. The van der Waals surface area contributed by atoms with Crippen molar-refractivity contribution in [1.82, 2.24) is 9.88 Å². The van der Waals surface area contributed by atoms with Crippen LogP contribution in [0.15, 0.2) is 18.3 Å². The third-order valence-corrected chi connectivity index (χ3v) is 2.42. The summed E-state index contributed by atoms with van der Waals surface area (Å²) in [5.41, 5.74) is -0.227. The summed E-state index contributed by atoms with van der Waals surface area (Å²) >= 11 is 0. The summed E-state index contributed by atoms with van der Waals surface area (Å²) in [6.07, 6.45) is 1.55. The topological polar surface area (TPSA) is 56.7 Å². The Hall–Kier alpha value is -1.62. The van der Waals surface area contributed by atoms with Gasteiger partial charge in [-0.25, -0.2) is 4.98 Å². The largest absolute Gasteiger partial charge is 0.389 e. The number of hydrogen-bond donors (Lipinski definition) is 1. The number of carbonyl (C=O) groups excluding carboxylic acids is 1. The minimum absolute atomic E-state index is 0.0702. The van der Waals surface area contributed by atoms with Crippen LogP contribution in [0.5, 0.6) is 0 Å². The number of carbonyl (C=O) groups is 1. The van der Waals surface area contributed by atoms with Crippen LogP contribution in [0.1, 0.15) is 24.2 Å². The molecule has 0 fully saturated rings. The normalized spacial score (nSPS) is 11.2. The van der Waals surface area contributed by atoms with Crippen molar-refractivity contribution in [3.05, 3.63) is 23.9 Å². The second-order valence-electron chi connectivity index (χ2n) is 5.27. The van der Waals surface area contributed by atoms with Gasteiger partial charge in [0.1, 0.15) is 5.82 Å². The van der Waals surface area contributed by atoms with Gasteiger partial charge in [0.05, 0.1) is 11.2 Å². The SMILES string of the molecule is CN(C)C(=O)c1ccc(N(C)CC(C)(C)O)nc1. The first-order valence-electron chi connectivity index (χ1n) is 5.82. The van der Waals surface area contributed by atoms with Gasteiger partial charge in [-0.1, -0.05) is 0 Å². The van der Waals surface area contributed by atoms with Gasteiger partial charge >= 0.3 is 0 Å². The minimum Gasteiger partial charge on any atom is -0.389 e. The second kappa shape index (κ2) is 5.35. The fraction of sp³-hybridized carbons (Fsp3) is 0.538. The van der Waals surface area contributed by atoms with Crippen LogP contribution in [0.4, 0.5) is 5.82 Å². The molecule has 1 aromatic heterocycles. The molecule has 1 rings (SSSR count). The Balaban J connectivity index is 2.80. The molecule has 0 saturated heterocycles. The van der Waals surface area contributed by atoms with Gasteiger partial charge in [0.25, 0.3) is 5.91 Å². The fourth-order valence-corrected chi connectivity index (χ4v) is 1.66. The van der Waals surface area contributed by atoms with E-state index in [9.17, 15) is 9.90 Å². The molecule has 5 nitrogen and oxygen atoms in total. The Morgan fingerprint density at radius 1 is 1.33 bits per heavy atom. The smallest absolute Gasteiger partial charge is 0.254 e. The highest BCUT2D eigenvalue weighted by atomic mass is 16.3. The highest BCUT2D eigenvalue weighted by Gasteiger charge is 2.17. The van der Waals surface area contributed by atoms with Crippen molar-refractivity contribution >= 4 is 11.7 Å². The zero-order valence-electron chi connectivity index (χ0n) is 11.6. The maximum absolute atomic E-state index is 11.7. The van der Waals surface area contributed by atoms with E-state index in [1.165, 1.54) is 4.90 Å². The molecule has 1 heterocycles. The van der Waals surface area contributed by atoms with Gasteiger partial charge in [-0.15, -0.1) is 0 Å². The summed E-state index contributed by atoms with van der Waals surface area (Å²) in [5.74, 6) is 0.659. The summed E-state index contributed by atoms with van der Waals surface area (Å²) in [7, 11) is 5.26. The highest BCUT2D eigenvalue weighted by molar-refractivity contribution is 5.93. The van der Waals surface area contributed by atoms with Crippen LogP contribution in [-0.4, -0.2) is 54.2 Å². The molecule has 0 aliphatic rings. The lowest BCUT2D eigenvalue weighted by Crippen LogP contribution is -2.36. The third-order valence-electron chi connectivity index (χ3n) is 2.42. The van der Waals surface area contributed by atoms with Crippen molar-refractivity contribution in [2.45, 2.75) is 19.4 Å². The highest BCUT2D eigenvalue weighted by Crippen LogP contribution is 2.13. The Morgan fingerprint density at radius 2 is 1.94 bits per heavy atom. The maximum Gasteiger partial charge on any atom is 0.254 e. The fourth-order valence-electron chi connectivity index (χ4n) is 1.66. The molecule has 1 aromatic rings. The monoisotopic (exact) mass is 251 g/mol. The first-order chi connectivity index (χ1) is 8.20. The van der Waals surface area contributed by atoms with Gasteiger partial charge in [0.2, 0.25) is 0 Å². The lowest BCUT2D eigenvalue weighted by Gasteiger charge is -2.26. The van der Waals surface area contributed by atoms with Crippen molar-refractivity contribution in [3.63, 3.8) is 0 Å². The minimum atomic E-state index is -0.783. The van der Waals surface area contributed by atoms with Gasteiger partial charge in [0, 0.05) is 33.9 Å². The average Bonchev–Trinajstić information content (AvgIpc) is 2.26. The number of nitrogens with zero attached hydrogens (tertiary/aromatic N) is 3. The molecule has 100 valence electrons. The predicted molar refractivity (Wildman–Crippen MR) is 71.8 cm³/mol. The molecule has 0 aliphatic carbocycles. The number of rotatable bonds is 4. The molecular formula is C13H21N3O2. The Morgan fingerprint density at radius 3 is 2.33 bits per heavy atom. The van der Waals surface area contributed by atoms with E-state index in [-0.39, 0.29) is 5.91 Å². The van der Waals surface area contributed by atoms with Crippen LogP contribution in [-0.2, 0) is 0 Å². The quantitative estimate of drug-likeness (QED) is 0.867. The van der Waals surface area contributed by atoms with Gasteiger partial charge in [-0.2, -0.15) is 0 Å². The van der Waals surface area contributed by atoms with Crippen molar-refractivity contribution in [2.75, 3.05) is 32.6 Å². The number of likely N-dealkylation sites (N-methyl/N-ethyl adjacent to an activating group) is 1. The Labute approximate surface area is 108 Å². The second-order valence-corrected chi connectivity index (χ2v) is 5.27. The molecule has 18 heavy (non-hydrogen) atoms. The van der Waals surface area contributed by atoms with Gasteiger partial charge < -0.3 is 14.9 Å². The molecule has 0 unspecified atom stereocenters. The Bertz CT molecular complexity index is 407.